The smallest absolute Gasteiger partial charge is 0.161 e. The number of ketones is 1. The van der Waals surface area contributed by atoms with Gasteiger partial charge in [0.2, 0.25) is 0 Å². The van der Waals surface area contributed by atoms with Crippen LogP contribution in [0, 0.1) is 0 Å². The highest BCUT2D eigenvalue weighted by atomic mass is 35.5. The Morgan fingerprint density at radius 3 is 2.73 bits per heavy atom. The summed E-state index contributed by atoms with van der Waals surface area (Å²) in [5.74, 6) is 0.910. The van der Waals surface area contributed by atoms with Gasteiger partial charge in [-0.3, -0.25) is 9.69 Å². The van der Waals surface area contributed by atoms with Gasteiger partial charge in [-0.2, -0.15) is 0 Å². The minimum atomic E-state index is 0.219. The van der Waals surface area contributed by atoms with Crippen molar-refractivity contribution in [2.75, 3.05) is 19.7 Å². The predicted octanol–water partition coefficient (Wildman–Crippen LogP) is 4.99. The molecule has 0 radical (unpaired) electrons. The Bertz CT molecular complexity index is 786. The quantitative estimate of drug-likeness (QED) is 0.672. The molecule has 136 valence electrons. The zero-order valence-electron chi connectivity index (χ0n) is 15.1. The average molecular weight is 370 g/mol. The van der Waals surface area contributed by atoms with Crippen molar-refractivity contribution in [3.8, 4) is 5.75 Å². The van der Waals surface area contributed by atoms with E-state index >= 15 is 0 Å². The first-order chi connectivity index (χ1) is 12.7. The van der Waals surface area contributed by atoms with Gasteiger partial charge in [0.25, 0.3) is 0 Å². The molecule has 3 nitrogen and oxygen atoms in total. The average Bonchev–Trinajstić information content (AvgIpc) is 2.65. The van der Waals surface area contributed by atoms with Crippen LogP contribution in [0.5, 0.6) is 5.75 Å². The second kappa shape index (κ2) is 9.02. The fourth-order valence-corrected chi connectivity index (χ4v) is 3.31. The van der Waals surface area contributed by atoms with Crippen LogP contribution in [0.2, 0.25) is 5.02 Å². The van der Waals surface area contributed by atoms with E-state index in [4.69, 9.17) is 16.3 Å². The number of rotatable bonds is 6. The Morgan fingerprint density at radius 2 is 2.00 bits per heavy atom. The van der Waals surface area contributed by atoms with Crippen molar-refractivity contribution in [3.63, 3.8) is 0 Å². The Morgan fingerprint density at radius 1 is 1.19 bits per heavy atom. The van der Waals surface area contributed by atoms with Gasteiger partial charge in [0.15, 0.2) is 5.78 Å². The van der Waals surface area contributed by atoms with Crippen LogP contribution in [0.3, 0.4) is 0 Å². The molecule has 0 aromatic heterocycles. The van der Waals surface area contributed by atoms with E-state index in [2.05, 4.69) is 24.0 Å². The molecule has 4 heteroatoms. The van der Waals surface area contributed by atoms with E-state index in [-0.39, 0.29) is 5.78 Å². The molecule has 2 aromatic rings. The number of carbonyl (C=O) groups excluding carboxylic acids is 1. The molecule has 0 N–H and O–H groups in total. The van der Waals surface area contributed by atoms with Gasteiger partial charge in [-0.1, -0.05) is 54.9 Å². The number of Topliss-reactive ketones (excluding diaryl/α,β-unsaturated/α-hetero) is 1. The Balaban J connectivity index is 1.72. The molecule has 0 aliphatic carbocycles. The van der Waals surface area contributed by atoms with Gasteiger partial charge in [0, 0.05) is 31.6 Å². The number of halogens is 1. The van der Waals surface area contributed by atoms with Crippen molar-refractivity contribution in [1.82, 2.24) is 4.90 Å². The summed E-state index contributed by atoms with van der Waals surface area (Å²) < 4.78 is 5.61. The molecule has 0 spiro atoms. The van der Waals surface area contributed by atoms with E-state index in [1.165, 1.54) is 5.56 Å². The normalized spacial score (nSPS) is 16.8. The minimum Gasteiger partial charge on any atom is -0.492 e. The summed E-state index contributed by atoms with van der Waals surface area (Å²) in [6.45, 7) is 5.03. The lowest BCUT2D eigenvalue weighted by Gasteiger charge is -2.27. The Hall–Kier alpha value is -2.10. The Kier molecular flexibility index (Phi) is 6.48. The topological polar surface area (TPSA) is 29.5 Å². The highest BCUT2D eigenvalue weighted by Gasteiger charge is 2.21. The maximum absolute atomic E-state index is 12.3. The third-order valence-electron chi connectivity index (χ3n) is 4.41. The molecule has 0 saturated carbocycles. The third-order valence-corrected chi connectivity index (χ3v) is 4.71. The summed E-state index contributed by atoms with van der Waals surface area (Å²) >= 11 is 6.31. The van der Waals surface area contributed by atoms with E-state index in [1.807, 2.05) is 42.5 Å². The molecule has 26 heavy (non-hydrogen) atoms. The summed E-state index contributed by atoms with van der Waals surface area (Å²) in [4.78, 5) is 14.6. The van der Waals surface area contributed by atoms with Gasteiger partial charge in [0.1, 0.15) is 5.75 Å². The van der Waals surface area contributed by atoms with Crippen LogP contribution < -0.4 is 4.74 Å². The lowest BCUT2D eigenvalue weighted by molar-refractivity contribution is -0.117. The van der Waals surface area contributed by atoms with Crippen LogP contribution in [0.1, 0.15) is 30.9 Å². The molecule has 0 atom stereocenters. The standard InChI is InChI=1S/C22H24ClNO2/c1-2-12-26-22-9-8-18(14-20(22)23)13-19-16-24(11-10-21(19)25)15-17-6-4-3-5-7-17/h3-9,13-14H,2,10-12,15-16H2,1H3/b19-13+. The van der Waals surface area contributed by atoms with E-state index in [1.54, 1.807) is 0 Å². The third kappa shape index (κ3) is 4.96. The highest BCUT2D eigenvalue weighted by molar-refractivity contribution is 6.32. The summed E-state index contributed by atoms with van der Waals surface area (Å²) in [6, 6.07) is 16.0. The number of benzene rings is 2. The maximum Gasteiger partial charge on any atom is 0.161 e. The lowest BCUT2D eigenvalue weighted by atomic mass is 9.99. The molecule has 1 saturated heterocycles. The van der Waals surface area contributed by atoms with Crippen LogP contribution in [-0.2, 0) is 11.3 Å². The van der Waals surface area contributed by atoms with Gasteiger partial charge in [-0.25, -0.2) is 0 Å². The number of ether oxygens (including phenoxy) is 1. The molecular weight excluding hydrogens is 346 g/mol. The fourth-order valence-electron chi connectivity index (χ4n) is 3.07. The van der Waals surface area contributed by atoms with Crippen molar-refractivity contribution in [2.24, 2.45) is 0 Å². The van der Waals surface area contributed by atoms with E-state index in [0.29, 0.717) is 30.3 Å². The molecule has 1 heterocycles. The molecule has 1 fully saturated rings. The van der Waals surface area contributed by atoms with Crippen molar-refractivity contribution in [2.45, 2.75) is 26.3 Å². The summed E-state index contributed by atoms with van der Waals surface area (Å²) in [7, 11) is 0. The largest absolute Gasteiger partial charge is 0.492 e. The second-order valence-electron chi connectivity index (χ2n) is 6.58. The monoisotopic (exact) mass is 369 g/mol. The van der Waals surface area contributed by atoms with Crippen LogP contribution >= 0.6 is 11.6 Å². The maximum atomic E-state index is 12.3. The number of piperidine rings is 1. The molecular formula is C22H24ClNO2. The van der Waals surface area contributed by atoms with Gasteiger partial charge in [0.05, 0.1) is 11.6 Å². The molecule has 3 rings (SSSR count). The number of hydrogen-bond donors (Lipinski definition) is 0. The zero-order chi connectivity index (χ0) is 18.4. The van der Waals surface area contributed by atoms with Crippen LogP contribution in [-0.4, -0.2) is 30.4 Å². The highest BCUT2D eigenvalue weighted by Crippen LogP contribution is 2.27. The number of nitrogens with zero attached hydrogens (tertiary/aromatic N) is 1. The van der Waals surface area contributed by atoms with E-state index in [9.17, 15) is 4.79 Å². The van der Waals surface area contributed by atoms with Gasteiger partial charge in [-0.05, 0) is 35.8 Å². The number of likely N-dealkylation sites (tertiary alicyclic amines) is 1. The van der Waals surface area contributed by atoms with E-state index in [0.717, 1.165) is 30.6 Å². The van der Waals surface area contributed by atoms with Crippen molar-refractivity contribution in [1.29, 1.82) is 0 Å². The van der Waals surface area contributed by atoms with Crippen molar-refractivity contribution in [3.05, 3.63) is 70.3 Å². The fraction of sp³-hybridized carbons (Fsp3) is 0.318. The minimum absolute atomic E-state index is 0.219. The van der Waals surface area contributed by atoms with E-state index < -0.39 is 0 Å². The first-order valence-corrected chi connectivity index (χ1v) is 9.46. The second-order valence-corrected chi connectivity index (χ2v) is 6.98. The molecule has 2 aromatic carbocycles. The van der Waals surface area contributed by atoms with Crippen LogP contribution in [0.4, 0.5) is 0 Å². The zero-order valence-corrected chi connectivity index (χ0v) is 15.8. The predicted molar refractivity (Wildman–Crippen MR) is 107 cm³/mol. The van der Waals surface area contributed by atoms with Gasteiger partial charge < -0.3 is 4.74 Å². The summed E-state index contributed by atoms with van der Waals surface area (Å²) in [5, 5.41) is 0.581. The van der Waals surface area contributed by atoms with Crippen molar-refractivity contribution < 1.29 is 9.53 Å². The van der Waals surface area contributed by atoms with Crippen LogP contribution in [0.15, 0.2) is 54.1 Å². The van der Waals surface area contributed by atoms with Crippen molar-refractivity contribution >= 4 is 23.5 Å². The molecule has 1 aliphatic rings. The van der Waals surface area contributed by atoms with Gasteiger partial charge >= 0.3 is 0 Å². The van der Waals surface area contributed by atoms with Crippen LogP contribution in [0.25, 0.3) is 6.08 Å². The molecule has 0 unspecified atom stereocenters. The first-order valence-electron chi connectivity index (χ1n) is 9.08. The Labute approximate surface area is 160 Å². The molecule has 0 bridgehead atoms. The molecule has 0 amide bonds. The number of hydrogen-bond acceptors (Lipinski definition) is 3. The SMILES string of the molecule is CCCOc1ccc(/C=C2\CN(Cc3ccccc3)CCC2=O)cc1Cl. The summed E-state index contributed by atoms with van der Waals surface area (Å²) in [6.07, 6.45) is 3.45. The first kappa shape index (κ1) is 18.7. The van der Waals surface area contributed by atoms with Gasteiger partial charge in [-0.15, -0.1) is 0 Å². The lowest BCUT2D eigenvalue weighted by Crippen LogP contribution is -2.35. The summed E-state index contributed by atoms with van der Waals surface area (Å²) in [5.41, 5.74) is 3.04. The number of carbonyl (C=O) groups is 1. The molecule has 1 aliphatic heterocycles.